The number of aliphatic hydroxyl groups excluding tert-OH is 1. The zero-order chi connectivity index (χ0) is 16.8. The average molecular weight is 335 g/mol. The van der Waals surface area contributed by atoms with E-state index >= 15 is 0 Å². The number of nitrogens with zero attached hydrogens (tertiary/aromatic N) is 5. The quantitative estimate of drug-likeness (QED) is 0.816. The summed E-state index contributed by atoms with van der Waals surface area (Å²) in [4.78, 5) is 5.36. The molecule has 1 atom stereocenters. The zero-order valence-electron chi connectivity index (χ0n) is 15.1. The third-order valence-corrected chi connectivity index (χ3v) is 5.56. The van der Waals surface area contributed by atoms with Gasteiger partial charge >= 0.3 is 0 Å². The van der Waals surface area contributed by atoms with Gasteiger partial charge in [0.2, 0.25) is 0 Å². The highest BCUT2D eigenvalue weighted by molar-refractivity contribution is 4.92. The minimum atomic E-state index is 0.145. The van der Waals surface area contributed by atoms with E-state index in [2.05, 4.69) is 27.0 Å². The van der Waals surface area contributed by atoms with Gasteiger partial charge in [-0.05, 0) is 64.2 Å². The van der Waals surface area contributed by atoms with Crippen molar-refractivity contribution in [2.75, 3.05) is 39.3 Å². The van der Waals surface area contributed by atoms with Crippen molar-refractivity contribution in [3.63, 3.8) is 0 Å². The predicted molar refractivity (Wildman–Crippen MR) is 94.9 cm³/mol. The monoisotopic (exact) mass is 335 g/mol. The van der Waals surface area contributed by atoms with Crippen LogP contribution in [-0.2, 0) is 13.0 Å². The maximum Gasteiger partial charge on any atom is 0.0849 e. The summed E-state index contributed by atoms with van der Waals surface area (Å²) in [5.41, 5.74) is 0.897. The SMILES string of the molecule is CCCN1CCC(N2CCCC(Cn3cc(CCO)nn3)C2)CC1. The summed E-state index contributed by atoms with van der Waals surface area (Å²) in [5, 5.41) is 17.4. The molecule has 136 valence electrons. The lowest BCUT2D eigenvalue weighted by Crippen LogP contribution is -2.49. The fourth-order valence-electron chi connectivity index (χ4n) is 4.32. The molecule has 1 unspecified atom stereocenters. The van der Waals surface area contributed by atoms with Crippen molar-refractivity contribution >= 4 is 0 Å². The Labute approximate surface area is 145 Å². The fraction of sp³-hybridized carbons (Fsp3) is 0.889. The number of piperidine rings is 2. The van der Waals surface area contributed by atoms with Crippen molar-refractivity contribution in [1.82, 2.24) is 24.8 Å². The lowest BCUT2D eigenvalue weighted by Gasteiger charge is -2.42. The van der Waals surface area contributed by atoms with E-state index in [9.17, 15) is 0 Å². The second kappa shape index (κ2) is 8.92. The molecule has 0 aliphatic carbocycles. The van der Waals surface area contributed by atoms with Gasteiger partial charge in [0, 0.05) is 38.4 Å². The summed E-state index contributed by atoms with van der Waals surface area (Å²) in [6.45, 7) is 9.65. The highest BCUT2D eigenvalue weighted by Gasteiger charge is 2.28. The highest BCUT2D eigenvalue weighted by atomic mass is 16.3. The summed E-state index contributed by atoms with van der Waals surface area (Å²) in [5.74, 6) is 0.677. The first-order valence-corrected chi connectivity index (χ1v) is 9.74. The minimum Gasteiger partial charge on any atom is -0.396 e. The normalized spacial score (nSPS) is 24.5. The number of rotatable bonds is 7. The third-order valence-electron chi connectivity index (χ3n) is 5.56. The Balaban J connectivity index is 1.47. The number of aromatic nitrogens is 3. The molecular formula is C18H33N5O. The molecule has 6 heteroatoms. The molecule has 1 aromatic rings. The van der Waals surface area contributed by atoms with Gasteiger partial charge in [0.15, 0.2) is 0 Å². The first-order valence-electron chi connectivity index (χ1n) is 9.74. The van der Waals surface area contributed by atoms with E-state index in [0.717, 1.165) is 18.3 Å². The number of hydrogen-bond donors (Lipinski definition) is 1. The first-order chi connectivity index (χ1) is 11.8. The molecule has 2 aliphatic heterocycles. The molecule has 0 saturated carbocycles. The van der Waals surface area contributed by atoms with Crippen LogP contribution in [0.5, 0.6) is 0 Å². The highest BCUT2D eigenvalue weighted by Crippen LogP contribution is 2.24. The number of aliphatic hydroxyl groups is 1. The summed E-state index contributed by atoms with van der Waals surface area (Å²) in [7, 11) is 0. The molecule has 24 heavy (non-hydrogen) atoms. The van der Waals surface area contributed by atoms with Crippen LogP contribution in [0.4, 0.5) is 0 Å². The summed E-state index contributed by atoms with van der Waals surface area (Å²) >= 11 is 0. The smallest absolute Gasteiger partial charge is 0.0849 e. The predicted octanol–water partition coefficient (Wildman–Crippen LogP) is 1.40. The first kappa shape index (κ1) is 17.8. The van der Waals surface area contributed by atoms with Crippen LogP contribution in [0.2, 0.25) is 0 Å². The lowest BCUT2D eigenvalue weighted by molar-refractivity contribution is 0.0664. The van der Waals surface area contributed by atoms with Crippen LogP contribution in [0.15, 0.2) is 6.20 Å². The van der Waals surface area contributed by atoms with Gasteiger partial charge in [-0.3, -0.25) is 9.58 Å². The Bertz CT molecular complexity index is 484. The van der Waals surface area contributed by atoms with E-state index in [1.165, 1.54) is 64.8 Å². The van der Waals surface area contributed by atoms with Gasteiger partial charge in [-0.1, -0.05) is 12.1 Å². The molecule has 0 spiro atoms. The molecule has 0 aromatic carbocycles. The molecule has 2 aliphatic rings. The van der Waals surface area contributed by atoms with Crippen LogP contribution in [0, 0.1) is 5.92 Å². The van der Waals surface area contributed by atoms with Crippen LogP contribution in [0.25, 0.3) is 0 Å². The molecule has 2 fully saturated rings. The van der Waals surface area contributed by atoms with E-state index in [4.69, 9.17) is 5.11 Å². The summed E-state index contributed by atoms with van der Waals surface area (Å²) in [6.07, 6.45) is 9.13. The topological polar surface area (TPSA) is 57.4 Å². The maximum absolute atomic E-state index is 8.99. The second-order valence-electron chi connectivity index (χ2n) is 7.48. The van der Waals surface area contributed by atoms with Crippen LogP contribution in [0.1, 0.15) is 44.7 Å². The fourth-order valence-corrected chi connectivity index (χ4v) is 4.32. The van der Waals surface area contributed by atoms with E-state index in [0.29, 0.717) is 12.3 Å². The van der Waals surface area contributed by atoms with Crippen LogP contribution in [0.3, 0.4) is 0 Å². The van der Waals surface area contributed by atoms with Crippen molar-refractivity contribution in [2.45, 2.75) is 58.0 Å². The van der Waals surface area contributed by atoms with Gasteiger partial charge in [0.05, 0.1) is 5.69 Å². The Kier molecular flexibility index (Phi) is 6.63. The minimum absolute atomic E-state index is 0.145. The second-order valence-corrected chi connectivity index (χ2v) is 7.48. The van der Waals surface area contributed by atoms with Gasteiger partial charge in [0.1, 0.15) is 0 Å². The van der Waals surface area contributed by atoms with Crippen molar-refractivity contribution in [3.05, 3.63) is 11.9 Å². The van der Waals surface area contributed by atoms with Crippen molar-refractivity contribution in [1.29, 1.82) is 0 Å². The van der Waals surface area contributed by atoms with E-state index in [1.54, 1.807) is 0 Å². The molecule has 6 nitrogen and oxygen atoms in total. The lowest BCUT2D eigenvalue weighted by atomic mass is 9.94. The van der Waals surface area contributed by atoms with E-state index in [-0.39, 0.29) is 6.61 Å². The molecule has 0 bridgehead atoms. The third kappa shape index (κ3) is 4.77. The Hall–Kier alpha value is -0.980. The van der Waals surface area contributed by atoms with Gasteiger partial charge in [-0.15, -0.1) is 5.10 Å². The van der Waals surface area contributed by atoms with Gasteiger partial charge in [0.25, 0.3) is 0 Å². The Morgan fingerprint density at radius 3 is 2.79 bits per heavy atom. The standard InChI is InChI=1S/C18H33N5O/c1-2-8-21-10-5-18(6-11-21)22-9-3-4-16(13-22)14-23-15-17(7-12-24)19-20-23/h15-16,18,24H,2-14H2,1H3. The van der Waals surface area contributed by atoms with Crippen molar-refractivity contribution < 1.29 is 5.11 Å². The molecule has 0 amide bonds. The average Bonchev–Trinajstić information content (AvgIpc) is 3.03. The van der Waals surface area contributed by atoms with Crippen LogP contribution < -0.4 is 0 Å². The van der Waals surface area contributed by atoms with Crippen molar-refractivity contribution in [2.24, 2.45) is 5.92 Å². The molecule has 3 heterocycles. The van der Waals surface area contributed by atoms with Crippen molar-refractivity contribution in [3.8, 4) is 0 Å². The Morgan fingerprint density at radius 1 is 1.21 bits per heavy atom. The zero-order valence-corrected chi connectivity index (χ0v) is 15.1. The van der Waals surface area contributed by atoms with Crippen LogP contribution in [-0.4, -0.2) is 75.3 Å². The Morgan fingerprint density at radius 2 is 2.04 bits per heavy atom. The largest absolute Gasteiger partial charge is 0.396 e. The van der Waals surface area contributed by atoms with Gasteiger partial charge in [-0.2, -0.15) is 0 Å². The van der Waals surface area contributed by atoms with Gasteiger partial charge < -0.3 is 10.0 Å². The molecule has 1 N–H and O–H groups in total. The van der Waals surface area contributed by atoms with Crippen LogP contribution >= 0.6 is 0 Å². The van der Waals surface area contributed by atoms with Gasteiger partial charge in [-0.25, -0.2) is 0 Å². The molecule has 0 radical (unpaired) electrons. The summed E-state index contributed by atoms with van der Waals surface area (Å²) in [6, 6.07) is 0.779. The molecule has 3 rings (SSSR count). The molecule has 2 saturated heterocycles. The number of likely N-dealkylation sites (tertiary alicyclic amines) is 2. The summed E-state index contributed by atoms with van der Waals surface area (Å²) < 4.78 is 1.98. The maximum atomic E-state index is 8.99. The number of hydrogen-bond acceptors (Lipinski definition) is 5. The van der Waals surface area contributed by atoms with E-state index in [1.807, 2.05) is 10.9 Å². The molecular weight excluding hydrogens is 302 g/mol. The molecule has 1 aromatic heterocycles. The van der Waals surface area contributed by atoms with E-state index < -0.39 is 0 Å².